The molecule has 0 bridgehead atoms. The number of likely N-dealkylation sites (tertiary alicyclic amines) is 2. The number of carbonyl (C=O) groups is 4. The summed E-state index contributed by atoms with van der Waals surface area (Å²) in [6, 6.07) is -0.850. The van der Waals surface area contributed by atoms with Gasteiger partial charge in [-0.25, -0.2) is 9.59 Å². The van der Waals surface area contributed by atoms with E-state index in [0.29, 0.717) is 39.0 Å². The Morgan fingerprint density at radius 1 is 1.06 bits per heavy atom. The summed E-state index contributed by atoms with van der Waals surface area (Å²) in [5.41, 5.74) is -0.515. The van der Waals surface area contributed by atoms with Crippen LogP contribution in [0.15, 0.2) is 12.2 Å². The number of terminal acetylenes is 1. The highest BCUT2D eigenvalue weighted by Gasteiger charge is 2.30. The van der Waals surface area contributed by atoms with E-state index in [9.17, 15) is 19.2 Å². The Balaban J connectivity index is 1.76. The molecule has 0 aliphatic carbocycles. The van der Waals surface area contributed by atoms with Gasteiger partial charge in [-0.2, -0.15) is 0 Å². The highest BCUT2D eigenvalue weighted by Crippen LogP contribution is 2.22. The largest absolute Gasteiger partial charge is 0.464 e. The number of hydrogen-bond acceptors (Lipinski definition) is 6. The molecule has 2 rings (SSSR count). The van der Waals surface area contributed by atoms with Crippen molar-refractivity contribution in [1.82, 2.24) is 15.1 Å². The number of carbonyl (C=O) groups excluding carboxylic acids is 4. The molecule has 0 spiro atoms. The van der Waals surface area contributed by atoms with Gasteiger partial charge in [-0.05, 0) is 65.4 Å². The molecule has 35 heavy (non-hydrogen) atoms. The average Bonchev–Trinajstić information content (AvgIpc) is 2.81. The molecule has 0 radical (unpaired) electrons. The van der Waals surface area contributed by atoms with Gasteiger partial charge in [0, 0.05) is 38.5 Å². The Kier molecular flexibility index (Phi) is 10.6. The maximum absolute atomic E-state index is 12.6. The Hall–Kier alpha value is -3.02. The van der Waals surface area contributed by atoms with Crippen LogP contribution in [-0.4, -0.2) is 78.1 Å². The number of nitrogens with one attached hydrogen (secondary N) is 1. The van der Waals surface area contributed by atoms with Gasteiger partial charge in [0.05, 0.1) is 6.61 Å². The van der Waals surface area contributed by atoms with Gasteiger partial charge in [0.15, 0.2) is 0 Å². The van der Waals surface area contributed by atoms with Crippen LogP contribution in [0, 0.1) is 24.2 Å². The van der Waals surface area contributed by atoms with E-state index in [1.807, 2.05) is 26.8 Å². The van der Waals surface area contributed by atoms with Crippen LogP contribution in [0.3, 0.4) is 0 Å². The first-order valence-corrected chi connectivity index (χ1v) is 12.4. The van der Waals surface area contributed by atoms with E-state index in [1.54, 1.807) is 22.8 Å². The number of allylic oxidation sites excluding steroid dienone is 1. The topological polar surface area (TPSA) is 105 Å². The lowest BCUT2D eigenvalue weighted by molar-refractivity contribution is -0.147. The van der Waals surface area contributed by atoms with Gasteiger partial charge in [0.25, 0.3) is 0 Å². The Morgan fingerprint density at radius 3 is 2.20 bits per heavy atom. The summed E-state index contributed by atoms with van der Waals surface area (Å²) in [7, 11) is 0. The lowest BCUT2D eigenvalue weighted by Crippen LogP contribution is -2.47. The average molecular weight is 490 g/mol. The quantitative estimate of drug-likeness (QED) is 0.335. The fourth-order valence-corrected chi connectivity index (χ4v) is 4.13. The molecule has 2 saturated heterocycles. The molecular formula is C26H39N3O6. The van der Waals surface area contributed by atoms with Crippen LogP contribution in [0.1, 0.15) is 59.8 Å². The highest BCUT2D eigenvalue weighted by molar-refractivity contribution is 5.88. The van der Waals surface area contributed by atoms with Crippen LogP contribution in [-0.2, 0) is 23.9 Å². The van der Waals surface area contributed by atoms with Crippen molar-refractivity contribution in [2.24, 2.45) is 11.8 Å². The molecule has 9 heteroatoms. The monoisotopic (exact) mass is 489 g/mol. The summed E-state index contributed by atoms with van der Waals surface area (Å²) in [5, 5.41) is 2.70. The minimum Gasteiger partial charge on any atom is -0.464 e. The number of esters is 1. The maximum Gasteiger partial charge on any atom is 0.410 e. The predicted molar refractivity (Wildman–Crippen MR) is 131 cm³/mol. The summed E-state index contributed by atoms with van der Waals surface area (Å²) in [6.07, 6.45) is 11.2. The molecular weight excluding hydrogens is 450 g/mol. The number of hydrogen-bond donors (Lipinski definition) is 1. The van der Waals surface area contributed by atoms with Crippen LogP contribution >= 0.6 is 0 Å². The second-order valence-electron chi connectivity index (χ2n) is 9.98. The molecule has 2 aliphatic heterocycles. The smallest absolute Gasteiger partial charge is 0.410 e. The first-order chi connectivity index (χ1) is 16.5. The minimum absolute atomic E-state index is 0.0728. The summed E-state index contributed by atoms with van der Waals surface area (Å²) in [4.78, 5) is 52.9. The van der Waals surface area contributed by atoms with Gasteiger partial charge in [-0.15, -0.1) is 12.3 Å². The van der Waals surface area contributed by atoms with E-state index < -0.39 is 17.6 Å². The van der Waals surface area contributed by atoms with Gasteiger partial charge < -0.3 is 24.6 Å². The minimum atomic E-state index is -0.850. The summed E-state index contributed by atoms with van der Waals surface area (Å²) in [6.45, 7) is 9.60. The zero-order chi connectivity index (χ0) is 26.0. The highest BCUT2D eigenvalue weighted by atomic mass is 16.6. The van der Waals surface area contributed by atoms with Crippen molar-refractivity contribution in [2.75, 3.05) is 32.8 Å². The molecule has 1 atom stereocenters. The van der Waals surface area contributed by atoms with E-state index >= 15 is 0 Å². The van der Waals surface area contributed by atoms with Gasteiger partial charge in [-0.1, -0.05) is 6.08 Å². The second-order valence-corrected chi connectivity index (χ2v) is 9.98. The van der Waals surface area contributed by atoms with Crippen LogP contribution in [0.2, 0.25) is 0 Å². The third kappa shape index (κ3) is 9.27. The first-order valence-electron chi connectivity index (χ1n) is 12.4. The number of piperidine rings is 2. The summed E-state index contributed by atoms with van der Waals surface area (Å²) < 4.78 is 10.4. The second kappa shape index (κ2) is 13.2. The number of ether oxygens (including phenoxy) is 2. The van der Waals surface area contributed by atoms with E-state index in [0.717, 1.165) is 12.8 Å². The summed E-state index contributed by atoms with van der Waals surface area (Å²) in [5.74, 6) is 1.50. The third-order valence-electron chi connectivity index (χ3n) is 6.09. The fourth-order valence-electron chi connectivity index (χ4n) is 4.13. The molecule has 1 N–H and O–H groups in total. The van der Waals surface area contributed by atoms with Crippen molar-refractivity contribution in [3.8, 4) is 12.3 Å². The lowest BCUT2D eigenvalue weighted by atomic mass is 9.94. The van der Waals surface area contributed by atoms with Crippen LogP contribution < -0.4 is 5.32 Å². The molecule has 2 heterocycles. The van der Waals surface area contributed by atoms with Gasteiger partial charge in [0.2, 0.25) is 11.8 Å². The molecule has 3 amide bonds. The fraction of sp³-hybridized carbons (Fsp3) is 0.692. The number of nitrogens with zero attached hydrogens (tertiary/aromatic N) is 2. The molecule has 0 aromatic carbocycles. The molecule has 0 unspecified atom stereocenters. The standard InChI is InChI=1S/C26H39N3O6/c1-6-8-21(24(32)34-7-2)27-23(31)20-13-17-28(18-14-20)22(30)10-9-19-11-15-29(16-12-19)25(33)35-26(3,4)5/h1,9-10,19-21H,7-8,11-18H2,2-5H3,(H,27,31)/b10-9+/t21-/m0/s1. The lowest BCUT2D eigenvalue weighted by Gasteiger charge is -2.33. The van der Waals surface area contributed by atoms with E-state index in [1.165, 1.54) is 0 Å². The molecule has 2 fully saturated rings. The third-order valence-corrected chi connectivity index (χ3v) is 6.09. The number of amides is 3. The number of rotatable bonds is 7. The molecule has 0 aromatic heterocycles. The van der Waals surface area contributed by atoms with Crippen molar-refractivity contribution in [3.63, 3.8) is 0 Å². The van der Waals surface area contributed by atoms with Crippen LogP contribution in [0.4, 0.5) is 4.79 Å². The SMILES string of the molecule is C#CC[C@H](NC(=O)C1CCN(C(=O)/C=C/C2CCN(C(=O)OC(C)(C)C)CC2)CC1)C(=O)OCC. The van der Waals surface area contributed by atoms with E-state index in [4.69, 9.17) is 15.9 Å². The van der Waals surface area contributed by atoms with Crippen molar-refractivity contribution in [1.29, 1.82) is 0 Å². The Morgan fingerprint density at radius 2 is 1.66 bits per heavy atom. The van der Waals surface area contributed by atoms with Gasteiger partial charge >= 0.3 is 12.1 Å². The normalized spacial score (nSPS) is 18.6. The Labute approximate surface area is 208 Å². The van der Waals surface area contributed by atoms with Crippen molar-refractivity contribution < 1.29 is 28.7 Å². The van der Waals surface area contributed by atoms with Crippen LogP contribution in [0.5, 0.6) is 0 Å². The van der Waals surface area contributed by atoms with Crippen molar-refractivity contribution in [3.05, 3.63) is 12.2 Å². The molecule has 194 valence electrons. The van der Waals surface area contributed by atoms with Crippen molar-refractivity contribution in [2.45, 2.75) is 71.4 Å². The molecule has 9 nitrogen and oxygen atoms in total. The van der Waals surface area contributed by atoms with Crippen molar-refractivity contribution >= 4 is 23.9 Å². The maximum atomic E-state index is 12.6. The zero-order valence-corrected chi connectivity index (χ0v) is 21.4. The molecule has 0 aromatic rings. The summed E-state index contributed by atoms with van der Waals surface area (Å²) >= 11 is 0. The predicted octanol–water partition coefficient (Wildman–Crippen LogP) is 2.50. The first kappa shape index (κ1) is 28.2. The van der Waals surface area contributed by atoms with Gasteiger partial charge in [0.1, 0.15) is 11.6 Å². The zero-order valence-electron chi connectivity index (χ0n) is 21.4. The molecule has 2 aliphatic rings. The van der Waals surface area contributed by atoms with E-state index in [-0.39, 0.29) is 42.8 Å². The molecule has 0 saturated carbocycles. The Bertz CT molecular complexity index is 825. The van der Waals surface area contributed by atoms with E-state index in [2.05, 4.69) is 11.2 Å². The van der Waals surface area contributed by atoms with Gasteiger partial charge in [-0.3, -0.25) is 9.59 Å². The van der Waals surface area contributed by atoms with Crippen LogP contribution in [0.25, 0.3) is 0 Å².